The van der Waals surface area contributed by atoms with Crippen LogP contribution >= 0.6 is 11.8 Å². The molecule has 1 saturated heterocycles. The standard InChI is InChI=1S/C11H13NOS.C11H13NO.C9H9NO2.C2H6/c1-3-9-11(13)12-8-6-7(2)4-5-10(8)14-9;1-9-4-2-5-10(8-9)12-7-3-6-11(12)13;1-10-7-4-2-3-5-8(7)12-6-9(10)11;1-2/h4-6,9H,3H2,1-2H3,(H,12,13);2,4-5,8H,3,6-7H2,1H3;2-5H,6H2,1H3;1-2H3. The first-order valence-corrected chi connectivity index (χ1v) is 15.1. The zero-order chi connectivity index (χ0) is 29.9. The largest absolute Gasteiger partial charge is 0.482 e. The summed E-state index contributed by atoms with van der Waals surface area (Å²) >= 11 is 1.66. The third-order valence-electron chi connectivity index (χ3n) is 6.66. The first-order chi connectivity index (χ1) is 19.8. The molecule has 3 amide bonds. The molecule has 1 atom stereocenters. The van der Waals surface area contributed by atoms with Gasteiger partial charge in [-0.25, -0.2) is 0 Å². The first kappa shape index (κ1) is 31.7. The smallest absolute Gasteiger partial charge is 0.264 e. The number of fused-ring (bicyclic) bond motifs is 2. The van der Waals surface area contributed by atoms with E-state index in [1.165, 1.54) is 16.0 Å². The van der Waals surface area contributed by atoms with E-state index in [0.717, 1.165) is 42.2 Å². The summed E-state index contributed by atoms with van der Waals surface area (Å²) in [4.78, 5) is 38.8. The zero-order valence-electron chi connectivity index (χ0n) is 24.9. The summed E-state index contributed by atoms with van der Waals surface area (Å²) in [5.41, 5.74) is 5.23. The van der Waals surface area contributed by atoms with Gasteiger partial charge in [0.05, 0.1) is 16.6 Å². The molecule has 8 heteroatoms. The van der Waals surface area contributed by atoms with E-state index in [0.29, 0.717) is 6.42 Å². The Balaban J connectivity index is 0.000000164. The topological polar surface area (TPSA) is 79.0 Å². The number of anilines is 3. The second kappa shape index (κ2) is 15.3. The lowest BCUT2D eigenvalue weighted by molar-refractivity contribution is -0.121. The van der Waals surface area contributed by atoms with E-state index in [2.05, 4.69) is 23.5 Å². The van der Waals surface area contributed by atoms with Crippen LogP contribution in [-0.4, -0.2) is 43.2 Å². The molecule has 3 aromatic carbocycles. The summed E-state index contributed by atoms with van der Waals surface area (Å²) in [5, 5.41) is 3.02. The average molecular weight is 576 g/mol. The maximum atomic E-state index is 11.6. The molecule has 7 nitrogen and oxygen atoms in total. The van der Waals surface area contributed by atoms with E-state index in [4.69, 9.17) is 4.74 Å². The van der Waals surface area contributed by atoms with Gasteiger partial charge in [-0.3, -0.25) is 14.4 Å². The van der Waals surface area contributed by atoms with Crippen molar-refractivity contribution >= 4 is 46.5 Å². The summed E-state index contributed by atoms with van der Waals surface area (Å²) in [5.74, 6) is 1.16. The number of ether oxygens (including phenoxy) is 1. The van der Waals surface area contributed by atoms with Crippen LogP contribution in [0.25, 0.3) is 0 Å². The van der Waals surface area contributed by atoms with E-state index >= 15 is 0 Å². The van der Waals surface area contributed by atoms with Crippen LogP contribution in [0.1, 0.15) is 51.2 Å². The molecule has 218 valence electrons. The minimum absolute atomic E-state index is 0.00583. The predicted octanol–water partition coefficient (Wildman–Crippen LogP) is 7.01. The van der Waals surface area contributed by atoms with Crippen LogP contribution in [0, 0.1) is 13.8 Å². The van der Waals surface area contributed by atoms with E-state index in [-0.39, 0.29) is 29.6 Å². The lowest BCUT2D eigenvalue weighted by atomic mass is 10.2. The van der Waals surface area contributed by atoms with Crippen LogP contribution in [-0.2, 0) is 14.4 Å². The first-order valence-electron chi connectivity index (χ1n) is 14.2. The van der Waals surface area contributed by atoms with Crippen molar-refractivity contribution in [3.8, 4) is 5.75 Å². The van der Waals surface area contributed by atoms with Gasteiger partial charge in [-0.05, 0) is 74.2 Å². The maximum Gasteiger partial charge on any atom is 0.264 e. The van der Waals surface area contributed by atoms with Crippen LogP contribution in [0.2, 0.25) is 0 Å². The number of carbonyl (C=O) groups excluding carboxylic acids is 3. The molecule has 1 fully saturated rings. The van der Waals surface area contributed by atoms with Gasteiger partial charge in [-0.2, -0.15) is 0 Å². The molecule has 1 unspecified atom stereocenters. The number of amides is 3. The highest BCUT2D eigenvalue weighted by Crippen LogP contribution is 2.37. The van der Waals surface area contributed by atoms with Crippen molar-refractivity contribution in [1.82, 2.24) is 0 Å². The Bertz CT molecular complexity index is 1360. The highest BCUT2D eigenvalue weighted by Gasteiger charge is 2.25. The number of rotatable bonds is 2. The van der Waals surface area contributed by atoms with Gasteiger partial charge in [0.1, 0.15) is 5.75 Å². The molecule has 3 aliphatic rings. The Morgan fingerprint density at radius 1 is 0.927 bits per heavy atom. The highest BCUT2D eigenvalue weighted by atomic mass is 32.2. The van der Waals surface area contributed by atoms with Gasteiger partial charge in [0.2, 0.25) is 11.8 Å². The number of hydrogen-bond acceptors (Lipinski definition) is 5. The molecule has 3 aliphatic heterocycles. The lowest BCUT2D eigenvalue weighted by Crippen LogP contribution is -2.35. The normalized spacial score (nSPS) is 16.8. The zero-order valence-corrected chi connectivity index (χ0v) is 25.7. The average Bonchev–Trinajstić information content (AvgIpc) is 3.42. The molecule has 0 aliphatic carbocycles. The SMILES string of the molecule is CC.CCC1Sc2ccc(C)cc2NC1=O.CN1C(=O)COc2ccccc21.Cc1cccc(N2CCCC2=O)c1. The molecule has 1 N–H and O–H groups in total. The van der Waals surface area contributed by atoms with Gasteiger partial charge in [-0.15, -0.1) is 11.8 Å². The van der Waals surface area contributed by atoms with Gasteiger partial charge in [-0.1, -0.05) is 51.1 Å². The number of thioether (sulfide) groups is 1. The molecule has 0 bridgehead atoms. The maximum absolute atomic E-state index is 11.6. The number of likely N-dealkylation sites (N-methyl/N-ethyl adjacent to an activating group) is 1. The summed E-state index contributed by atoms with van der Waals surface area (Å²) in [6.07, 6.45) is 2.57. The summed E-state index contributed by atoms with van der Waals surface area (Å²) in [7, 11) is 1.75. The molecule has 41 heavy (non-hydrogen) atoms. The Morgan fingerprint density at radius 2 is 1.66 bits per heavy atom. The van der Waals surface area contributed by atoms with Crippen LogP contribution in [0.4, 0.5) is 17.1 Å². The lowest BCUT2D eigenvalue weighted by Gasteiger charge is -2.25. The van der Waals surface area contributed by atoms with Gasteiger partial charge in [0.25, 0.3) is 5.91 Å². The fourth-order valence-corrected chi connectivity index (χ4v) is 5.50. The fraction of sp³-hybridized carbons (Fsp3) is 0.364. The molecule has 0 aromatic heterocycles. The molecule has 0 radical (unpaired) electrons. The summed E-state index contributed by atoms with van der Waals surface area (Å²) < 4.78 is 5.21. The van der Waals surface area contributed by atoms with Crippen molar-refractivity contribution in [1.29, 1.82) is 0 Å². The van der Waals surface area contributed by atoms with Crippen molar-refractivity contribution in [2.24, 2.45) is 0 Å². The third kappa shape index (κ3) is 8.36. The number of nitrogens with zero attached hydrogens (tertiary/aromatic N) is 2. The predicted molar refractivity (Wildman–Crippen MR) is 169 cm³/mol. The highest BCUT2D eigenvalue weighted by molar-refractivity contribution is 8.01. The van der Waals surface area contributed by atoms with Gasteiger partial charge >= 0.3 is 0 Å². The van der Waals surface area contributed by atoms with Gasteiger partial charge < -0.3 is 19.9 Å². The van der Waals surface area contributed by atoms with Crippen LogP contribution < -0.4 is 19.9 Å². The number of aryl methyl sites for hydroxylation is 2. The van der Waals surface area contributed by atoms with Crippen molar-refractivity contribution in [3.63, 3.8) is 0 Å². The minimum atomic E-state index is -0.00583. The fourth-order valence-electron chi connectivity index (χ4n) is 4.48. The molecule has 3 heterocycles. The monoisotopic (exact) mass is 575 g/mol. The summed E-state index contributed by atoms with van der Waals surface area (Å²) in [6.45, 7) is 11.1. The molecular formula is C33H41N3O4S. The van der Waals surface area contributed by atoms with Crippen LogP contribution in [0.15, 0.2) is 71.6 Å². The van der Waals surface area contributed by atoms with Crippen molar-refractivity contribution in [2.75, 3.05) is 35.3 Å². The van der Waals surface area contributed by atoms with Crippen molar-refractivity contribution in [2.45, 2.75) is 64.0 Å². The minimum Gasteiger partial charge on any atom is -0.482 e. The number of para-hydroxylation sites is 2. The Labute approximate surface area is 248 Å². The van der Waals surface area contributed by atoms with Crippen LogP contribution in [0.3, 0.4) is 0 Å². The second-order valence-electron chi connectivity index (χ2n) is 9.70. The molecule has 3 aromatic rings. The van der Waals surface area contributed by atoms with Crippen molar-refractivity contribution < 1.29 is 19.1 Å². The molecule has 0 saturated carbocycles. The number of carbonyl (C=O) groups is 3. The molecule has 6 rings (SSSR count). The van der Waals surface area contributed by atoms with Crippen LogP contribution in [0.5, 0.6) is 5.75 Å². The van der Waals surface area contributed by atoms with Gasteiger partial charge in [0.15, 0.2) is 6.61 Å². The van der Waals surface area contributed by atoms with Crippen molar-refractivity contribution in [3.05, 3.63) is 77.9 Å². The Kier molecular flexibility index (Phi) is 11.8. The third-order valence-corrected chi connectivity index (χ3v) is 8.11. The number of hydrogen-bond donors (Lipinski definition) is 1. The summed E-state index contributed by atoms with van der Waals surface area (Å²) in [6, 6.07) is 21.8. The molecular weight excluding hydrogens is 534 g/mol. The van der Waals surface area contributed by atoms with E-state index in [1.807, 2.05) is 88.0 Å². The Hall–Kier alpha value is -3.78. The molecule has 0 spiro atoms. The van der Waals surface area contributed by atoms with E-state index < -0.39 is 0 Å². The number of nitrogens with one attached hydrogen (secondary N) is 1. The quantitative estimate of drug-likeness (QED) is 0.356. The Morgan fingerprint density at radius 3 is 2.34 bits per heavy atom. The van der Waals surface area contributed by atoms with Gasteiger partial charge in [0, 0.05) is 30.6 Å². The van der Waals surface area contributed by atoms with E-state index in [9.17, 15) is 14.4 Å². The van der Waals surface area contributed by atoms with E-state index in [1.54, 1.807) is 23.7 Å². The second-order valence-corrected chi connectivity index (χ2v) is 10.9. The number of benzene rings is 3.